The Morgan fingerprint density at radius 2 is 1.86 bits per heavy atom. The molecule has 4 heteroatoms. The zero-order valence-corrected chi connectivity index (χ0v) is 11.8. The number of ether oxygens (including phenoxy) is 1. The van der Waals surface area contributed by atoms with Crippen LogP contribution >= 0.6 is 0 Å². The molecule has 106 valence electrons. The molecule has 0 aliphatic carbocycles. The van der Waals surface area contributed by atoms with Crippen molar-refractivity contribution in [3.8, 4) is 11.4 Å². The van der Waals surface area contributed by atoms with Gasteiger partial charge in [0.05, 0.1) is 12.6 Å². The summed E-state index contributed by atoms with van der Waals surface area (Å²) in [5.41, 5.74) is 2.82. The molecule has 0 atom stereocenters. The van der Waals surface area contributed by atoms with Gasteiger partial charge in [-0.2, -0.15) is 0 Å². The molecule has 21 heavy (non-hydrogen) atoms. The molecule has 0 radical (unpaired) electrons. The average Bonchev–Trinajstić information content (AvgIpc) is 2.81. The number of hydrogen-bond donors (Lipinski definition) is 1. The first kappa shape index (κ1) is 13.2. The number of carbonyl (C=O) groups is 1. The lowest BCUT2D eigenvalue weighted by Crippen LogP contribution is -2.07. The summed E-state index contributed by atoms with van der Waals surface area (Å²) in [5, 5.41) is 10.4. The Morgan fingerprint density at radius 1 is 1.14 bits per heavy atom. The first-order chi connectivity index (χ1) is 10.1. The number of fused-ring (bicyclic) bond motifs is 1. The van der Waals surface area contributed by atoms with E-state index in [0.717, 1.165) is 22.2 Å². The molecule has 3 aromatic rings. The topological polar surface area (TPSA) is 51.5 Å². The number of nitrogens with zero attached hydrogens (tertiary/aromatic N) is 1. The van der Waals surface area contributed by atoms with Gasteiger partial charge in [-0.25, -0.2) is 4.79 Å². The molecule has 0 unspecified atom stereocenters. The minimum absolute atomic E-state index is 0.143. The average molecular weight is 281 g/mol. The summed E-state index contributed by atoms with van der Waals surface area (Å²) in [6, 6.07) is 15.3. The molecule has 1 aromatic heterocycles. The van der Waals surface area contributed by atoms with E-state index in [1.54, 1.807) is 4.57 Å². The van der Waals surface area contributed by atoms with Crippen LogP contribution in [0.15, 0.2) is 48.5 Å². The minimum atomic E-state index is -1.01. The van der Waals surface area contributed by atoms with Crippen LogP contribution in [-0.4, -0.2) is 22.8 Å². The number of para-hydroxylation sites is 1. The summed E-state index contributed by atoms with van der Waals surface area (Å²) in [7, 11) is 1.50. The SMILES string of the molecule is COc1c(C(=O)O)n(-c2ccccc2)c2ccc(C)cc12. The van der Waals surface area contributed by atoms with Gasteiger partial charge in [-0.15, -0.1) is 0 Å². The Hall–Kier alpha value is -2.75. The summed E-state index contributed by atoms with van der Waals surface area (Å²) >= 11 is 0. The fraction of sp³-hybridized carbons (Fsp3) is 0.118. The highest BCUT2D eigenvalue weighted by molar-refractivity contribution is 6.02. The number of aromatic carboxylic acids is 1. The van der Waals surface area contributed by atoms with Crippen LogP contribution in [0.2, 0.25) is 0 Å². The van der Waals surface area contributed by atoms with E-state index >= 15 is 0 Å². The third kappa shape index (κ3) is 2.05. The Bertz CT molecular complexity index is 819. The maximum atomic E-state index is 11.7. The molecule has 0 amide bonds. The lowest BCUT2D eigenvalue weighted by atomic mass is 10.1. The van der Waals surface area contributed by atoms with Crippen molar-refractivity contribution < 1.29 is 14.6 Å². The highest BCUT2D eigenvalue weighted by Crippen LogP contribution is 2.36. The summed E-state index contributed by atoms with van der Waals surface area (Å²) in [6.07, 6.45) is 0. The number of aromatic nitrogens is 1. The fourth-order valence-electron chi connectivity index (χ4n) is 2.62. The van der Waals surface area contributed by atoms with Crippen molar-refractivity contribution in [2.24, 2.45) is 0 Å². The van der Waals surface area contributed by atoms with Crippen LogP contribution in [0.5, 0.6) is 5.75 Å². The maximum absolute atomic E-state index is 11.7. The van der Waals surface area contributed by atoms with Gasteiger partial charge in [-0.05, 0) is 31.2 Å². The van der Waals surface area contributed by atoms with Crippen LogP contribution in [0, 0.1) is 6.92 Å². The second-order valence-corrected chi connectivity index (χ2v) is 4.88. The summed E-state index contributed by atoms with van der Waals surface area (Å²) < 4.78 is 7.09. The molecule has 0 saturated heterocycles. The molecule has 1 heterocycles. The standard InChI is InChI=1S/C17H15NO3/c1-11-8-9-14-13(10-11)16(21-2)15(17(19)20)18(14)12-6-4-3-5-7-12/h3-10H,1-2H3,(H,19,20). The number of aryl methyl sites for hydroxylation is 1. The normalized spacial score (nSPS) is 10.8. The summed E-state index contributed by atoms with van der Waals surface area (Å²) in [5.74, 6) is -0.616. The van der Waals surface area contributed by atoms with Gasteiger partial charge in [-0.3, -0.25) is 0 Å². The molecule has 0 saturated carbocycles. The van der Waals surface area contributed by atoms with E-state index in [1.807, 2.05) is 55.5 Å². The first-order valence-electron chi connectivity index (χ1n) is 6.61. The first-order valence-corrected chi connectivity index (χ1v) is 6.61. The van der Waals surface area contributed by atoms with E-state index in [9.17, 15) is 9.90 Å². The lowest BCUT2D eigenvalue weighted by Gasteiger charge is -2.08. The van der Waals surface area contributed by atoms with Crippen molar-refractivity contribution in [3.63, 3.8) is 0 Å². The number of methoxy groups -OCH3 is 1. The number of rotatable bonds is 3. The zero-order chi connectivity index (χ0) is 15.0. The van der Waals surface area contributed by atoms with E-state index < -0.39 is 5.97 Å². The van der Waals surface area contributed by atoms with Gasteiger partial charge >= 0.3 is 5.97 Å². The molecule has 0 aliphatic rings. The van der Waals surface area contributed by atoms with Gasteiger partial charge in [-0.1, -0.05) is 29.8 Å². The van der Waals surface area contributed by atoms with Crippen molar-refractivity contribution in [1.29, 1.82) is 0 Å². The monoisotopic (exact) mass is 281 g/mol. The van der Waals surface area contributed by atoms with Gasteiger partial charge in [0.25, 0.3) is 0 Å². The molecule has 0 spiro atoms. The van der Waals surface area contributed by atoms with Gasteiger partial charge in [0, 0.05) is 11.1 Å². The molecule has 3 rings (SSSR count). The summed E-state index contributed by atoms with van der Waals surface area (Å²) in [4.78, 5) is 11.7. The Kier molecular flexibility index (Phi) is 3.14. The highest BCUT2D eigenvalue weighted by Gasteiger charge is 2.24. The van der Waals surface area contributed by atoms with Crippen LogP contribution in [0.3, 0.4) is 0 Å². The van der Waals surface area contributed by atoms with E-state index in [-0.39, 0.29) is 5.69 Å². The van der Waals surface area contributed by atoms with Crippen molar-refractivity contribution >= 4 is 16.9 Å². The predicted octanol–water partition coefficient (Wildman–Crippen LogP) is 3.65. The van der Waals surface area contributed by atoms with Crippen LogP contribution in [-0.2, 0) is 0 Å². The van der Waals surface area contributed by atoms with Crippen LogP contribution in [0.25, 0.3) is 16.6 Å². The Balaban J connectivity index is 2.47. The Morgan fingerprint density at radius 3 is 2.48 bits per heavy atom. The number of hydrogen-bond acceptors (Lipinski definition) is 2. The molecule has 0 bridgehead atoms. The minimum Gasteiger partial charge on any atom is -0.494 e. The third-order valence-corrected chi connectivity index (χ3v) is 3.50. The molecule has 4 nitrogen and oxygen atoms in total. The van der Waals surface area contributed by atoms with Crippen LogP contribution in [0.4, 0.5) is 0 Å². The van der Waals surface area contributed by atoms with Gasteiger partial charge < -0.3 is 14.4 Å². The van der Waals surface area contributed by atoms with E-state index in [0.29, 0.717) is 5.75 Å². The van der Waals surface area contributed by atoms with Crippen molar-refractivity contribution in [3.05, 3.63) is 59.8 Å². The van der Waals surface area contributed by atoms with E-state index in [2.05, 4.69) is 0 Å². The molecular formula is C17H15NO3. The van der Waals surface area contributed by atoms with Crippen LogP contribution < -0.4 is 4.74 Å². The van der Waals surface area contributed by atoms with E-state index in [1.165, 1.54) is 7.11 Å². The van der Waals surface area contributed by atoms with Crippen molar-refractivity contribution in [2.45, 2.75) is 6.92 Å². The van der Waals surface area contributed by atoms with Crippen LogP contribution in [0.1, 0.15) is 16.1 Å². The molecule has 0 fully saturated rings. The maximum Gasteiger partial charge on any atom is 0.356 e. The lowest BCUT2D eigenvalue weighted by molar-refractivity contribution is 0.0685. The quantitative estimate of drug-likeness (QED) is 0.797. The number of benzene rings is 2. The molecule has 2 aromatic carbocycles. The molecule has 0 aliphatic heterocycles. The summed E-state index contributed by atoms with van der Waals surface area (Å²) in [6.45, 7) is 1.97. The zero-order valence-electron chi connectivity index (χ0n) is 11.8. The highest BCUT2D eigenvalue weighted by atomic mass is 16.5. The molecule has 1 N–H and O–H groups in total. The largest absolute Gasteiger partial charge is 0.494 e. The van der Waals surface area contributed by atoms with E-state index in [4.69, 9.17) is 4.74 Å². The van der Waals surface area contributed by atoms with Crippen molar-refractivity contribution in [1.82, 2.24) is 4.57 Å². The third-order valence-electron chi connectivity index (χ3n) is 3.50. The number of carboxylic acids is 1. The smallest absolute Gasteiger partial charge is 0.356 e. The van der Waals surface area contributed by atoms with Gasteiger partial charge in [0.15, 0.2) is 11.4 Å². The second kappa shape index (κ2) is 4.98. The van der Waals surface area contributed by atoms with Crippen molar-refractivity contribution in [2.75, 3.05) is 7.11 Å². The van der Waals surface area contributed by atoms with Gasteiger partial charge in [0.2, 0.25) is 0 Å². The number of carboxylic acid groups (broad SMARTS) is 1. The second-order valence-electron chi connectivity index (χ2n) is 4.88. The van der Waals surface area contributed by atoms with Gasteiger partial charge in [0.1, 0.15) is 0 Å². The fourth-order valence-corrected chi connectivity index (χ4v) is 2.62. The Labute approximate surface area is 122 Å². The molecular weight excluding hydrogens is 266 g/mol. The predicted molar refractivity (Wildman–Crippen MR) is 81.5 cm³/mol.